The van der Waals surface area contributed by atoms with Crippen molar-refractivity contribution in [1.29, 1.82) is 0 Å². The Morgan fingerprint density at radius 2 is 2.19 bits per heavy atom. The molecule has 0 aromatic heterocycles. The van der Waals surface area contributed by atoms with Crippen molar-refractivity contribution >= 4 is 10.1 Å². The van der Waals surface area contributed by atoms with Gasteiger partial charge in [0, 0.05) is 0 Å². The standard InChI is InChI=1S/C10H13NO3S.CH4/c1-11-10-6-5-8-3-2-4-9(7-8)15(12,13)14-10;/h2-4,7,10-11H,5-6H2,1H3;1H4. The first-order valence-corrected chi connectivity index (χ1v) is 6.22. The highest BCUT2D eigenvalue weighted by Crippen LogP contribution is 2.20. The van der Waals surface area contributed by atoms with Crippen LogP contribution < -0.4 is 5.32 Å². The van der Waals surface area contributed by atoms with E-state index in [4.69, 9.17) is 4.18 Å². The molecule has 90 valence electrons. The lowest BCUT2D eigenvalue weighted by Gasteiger charge is -2.19. The molecule has 1 heterocycles. The average molecular weight is 243 g/mol. The first-order valence-electron chi connectivity index (χ1n) is 4.81. The molecule has 0 aliphatic carbocycles. The van der Waals surface area contributed by atoms with Crippen LogP contribution in [0.5, 0.6) is 0 Å². The van der Waals surface area contributed by atoms with Crippen LogP contribution in [0, 0.1) is 0 Å². The second kappa shape index (κ2) is 4.95. The summed E-state index contributed by atoms with van der Waals surface area (Å²) in [4.78, 5) is 0.236. The van der Waals surface area contributed by atoms with Crippen LogP contribution in [0.2, 0.25) is 0 Å². The molecule has 1 atom stereocenters. The third kappa shape index (κ3) is 2.61. The Morgan fingerprint density at radius 1 is 1.44 bits per heavy atom. The molecule has 1 unspecified atom stereocenters. The molecule has 1 aliphatic heterocycles. The Labute approximate surface area is 96.8 Å². The molecule has 0 spiro atoms. The maximum atomic E-state index is 11.7. The second-order valence-corrected chi connectivity index (χ2v) is 5.09. The maximum Gasteiger partial charge on any atom is 0.298 e. The van der Waals surface area contributed by atoms with Crippen LogP contribution in [0.15, 0.2) is 29.2 Å². The predicted molar refractivity (Wildman–Crippen MR) is 62.6 cm³/mol. The molecule has 0 radical (unpaired) electrons. The van der Waals surface area contributed by atoms with Crippen LogP contribution in [0.1, 0.15) is 19.4 Å². The van der Waals surface area contributed by atoms with Gasteiger partial charge >= 0.3 is 0 Å². The summed E-state index contributed by atoms with van der Waals surface area (Å²) in [6.07, 6.45) is 1.03. The van der Waals surface area contributed by atoms with Crippen molar-refractivity contribution in [3.05, 3.63) is 29.8 Å². The first-order chi connectivity index (χ1) is 7.12. The number of fused-ring (bicyclic) bond motifs is 2. The van der Waals surface area contributed by atoms with E-state index >= 15 is 0 Å². The molecule has 0 amide bonds. The summed E-state index contributed by atoms with van der Waals surface area (Å²) in [5.74, 6) is 0. The quantitative estimate of drug-likeness (QED) is 0.760. The van der Waals surface area contributed by atoms with Crippen molar-refractivity contribution in [2.75, 3.05) is 7.05 Å². The van der Waals surface area contributed by atoms with E-state index in [0.29, 0.717) is 6.42 Å². The molecular weight excluding hydrogens is 226 g/mol. The average Bonchev–Trinajstić information content (AvgIpc) is 2.23. The molecule has 0 fully saturated rings. The summed E-state index contributed by atoms with van der Waals surface area (Å²) in [6, 6.07) is 6.89. The van der Waals surface area contributed by atoms with Crippen LogP contribution in [0.4, 0.5) is 0 Å². The Morgan fingerprint density at radius 3 is 2.88 bits per heavy atom. The van der Waals surface area contributed by atoms with Gasteiger partial charge in [0.05, 0.1) is 4.90 Å². The highest BCUT2D eigenvalue weighted by Gasteiger charge is 2.23. The second-order valence-electron chi connectivity index (χ2n) is 3.51. The molecule has 1 aliphatic rings. The Bertz CT molecular complexity index is 456. The van der Waals surface area contributed by atoms with Crippen molar-refractivity contribution in [2.45, 2.75) is 31.4 Å². The van der Waals surface area contributed by atoms with Crippen LogP contribution in [0.25, 0.3) is 0 Å². The summed E-state index contributed by atoms with van der Waals surface area (Å²) >= 11 is 0. The van der Waals surface area contributed by atoms with Gasteiger partial charge in [0.1, 0.15) is 6.23 Å². The molecule has 1 aromatic rings. The van der Waals surface area contributed by atoms with Gasteiger partial charge in [0.2, 0.25) is 0 Å². The summed E-state index contributed by atoms with van der Waals surface area (Å²) in [5.41, 5.74) is 1.03. The summed E-state index contributed by atoms with van der Waals surface area (Å²) in [5, 5.41) is 2.84. The lowest BCUT2D eigenvalue weighted by Crippen LogP contribution is -2.32. The van der Waals surface area contributed by atoms with E-state index in [-0.39, 0.29) is 12.3 Å². The van der Waals surface area contributed by atoms with Gasteiger partial charge in [-0.15, -0.1) is 0 Å². The fourth-order valence-corrected chi connectivity index (χ4v) is 2.75. The van der Waals surface area contributed by atoms with E-state index in [1.165, 1.54) is 0 Å². The lowest BCUT2D eigenvalue weighted by molar-refractivity contribution is 0.170. The predicted octanol–water partition coefficient (Wildman–Crippen LogP) is 1.52. The maximum absolute atomic E-state index is 11.7. The van der Waals surface area contributed by atoms with Gasteiger partial charge in [0.15, 0.2) is 0 Å². The first kappa shape index (κ1) is 13.2. The van der Waals surface area contributed by atoms with Crippen LogP contribution in [-0.4, -0.2) is 21.7 Å². The minimum atomic E-state index is -3.61. The Balaban J connectivity index is 0.00000128. The largest absolute Gasteiger partial charge is 0.298 e. The zero-order valence-corrected chi connectivity index (χ0v) is 9.25. The van der Waals surface area contributed by atoms with Crippen LogP contribution >= 0.6 is 0 Å². The van der Waals surface area contributed by atoms with Crippen molar-refractivity contribution in [1.82, 2.24) is 5.32 Å². The third-order valence-electron chi connectivity index (χ3n) is 2.45. The summed E-state index contributed by atoms with van der Waals surface area (Å²) < 4.78 is 28.5. The highest BCUT2D eigenvalue weighted by molar-refractivity contribution is 7.86. The molecule has 0 saturated carbocycles. The zero-order valence-electron chi connectivity index (χ0n) is 8.43. The zero-order chi connectivity index (χ0) is 10.9. The minimum absolute atomic E-state index is 0. The fraction of sp³-hybridized carbons (Fsp3) is 0.455. The van der Waals surface area contributed by atoms with Gasteiger partial charge in [-0.25, -0.2) is 4.18 Å². The Kier molecular flexibility index (Phi) is 4.07. The van der Waals surface area contributed by atoms with Crippen LogP contribution in [0.3, 0.4) is 0 Å². The van der Waals surface area contributed by atoms with E-state index in [0.717, 1.165) is 12.0 Å². The van der Waals surface area contributed by atoms with Crippen LogP contribution in [-0.2, 0) is 20.7 Å². The fourth-order valence-electron chi connectivity index (χ4n) is 1.60. The van der Waals surface area contributed by atoms with Gasteiger partial charge in [-0.2, -0.15) is 8.42 Å². The highest BCUT2D eigenvalue weighted by atomic mass is 32.2. The summed E-state index contributed by atoms with van der Waals surface area (Å²) in [7, 11) is -1.91. The van der Waals surface area contributed by atoms with Crippen molar-refractivity contribution in [3.63, 3.8) is 0 Å². The number of rotatable bonds is 1. The molecule has 16 heavy (non-hydrogen) atoms. The molecule has 0 saturated heterocycles. The molecule has 1 N–H and O–H groups in total. The van der Waals surface area contributed by atoms with Crippen molar-refractivity contribution in [2.24, 2.45) is 0 Å². The SMILES string of the molecule is C.CNC1CCc2cccc(c2)S(=O)(=O)O1. The van der Waals surface area contributed by atoms with Crippen molar-refractivity contribution < 1.29 is 12.6 Å². The van der Waals surface area contributed by atoms with E-state index in [2.05, 4.69) is 5.32 Å². The molecule has 5 heteroatoms. The molecule has 2 bridgehead atoms. The smallest absolute Gasteiger partial charge is 0.294 e. The number of nitrogens with one attached hydrogen (secondary N) is 1. The number of aryl methyl sites for hydroxylation is 1. The molecule has 1 aromatic carbocycles. The summed E-state index contributed by atoms with van der Waals surface area (Å²) in [6.45, 7) is 0. The van der Waals surface area contributed by atoms with Gasteiger partial charge in [-0.3, -0.25) is 5.32 Å². The third-order valence-corrected chi connectivity index (χ3v) is 3.76. The number of hydrogen-bond acceptors (Lipinski definition) is 4. The van der Waals surface area contributed by atoms with E-state index in [1.807, 2.05) is 6.07 Å². The van der Waals surface area contributed by atoms with Gasteiger partial charge in [-0.05, 0) is 37.6 Å². The normalized spacial score (nSPS) is 22.7. The van der Waals surface area contributed by atoms with E-state index < -0.39 is 16.3 Å². The van der Waals surface area contributed by atoms with Gasteiger partial charge in [0.25, 0.3) is 10.1 Å². The van der Waals surface area contributed by atoms with E-state index in [1.54, 1.807) is 25.2 Å². The minimum Gasteiger partial charge on any atom is -0.294 e. The topological polar surface area (TPSA) is 55.4 Å². The van der Waals surface area contributed by atoms with Crippen molar-refractivity contribution in [3.8, 4) is 0 Å². The van der Waals surface area contributed by atoms with E-state index in [9.17, 15) is 8.42 Å². The number of hydrogen-bond donors (Lipinski definition) is 1. The molecule has 2 rings (SSSR count). The monoisotopic (exact) mass is 243 g/mol. The molecular formula is C11H17NO3S. The lowest BCUT2D eigenvalue weighted by atomic mass is 10.1. The van der Waals surface area contributed by atoms with Gasteiger partial charge in [-0.1, -0.05) is 19.6 Å². The number of benzene rings is 1. The van der Waals surface area contributed by atoms with Gasteiger partial charge < -0.3 is 0 Å². The Hall–Kier alpha value is -0.910. The molecule has 4 nitrogen and oxygen atoms in total.